The molecule has 2 aromatic rings. The average Bonchev–Trinajstić information content (AvgIpc) is 3.04. The van der Waals surface area contributed by atoms with E-state index in [1.54, 1.807) is 41.7 Å². The SMILES string of the molecule is CC(=O)c1cccc(NC(=O)[C@H](CC(=O)[O-])[NH2+]Cc2ccco2)c1. The van der Waals surface area contributed by atoms with E-state index in [9.17, 15) is 19.5 Å². The van der Waals surface area contributed by atoms with E-state index in [0.717, 1.165) is 0 Å². The molecule has 3 N–H and O–H groups in total. The van der Waals surface area contributed by atoms with Crippen molar-refractivity contribution in [2.24, 2.45) is 0 Å². The molecule has 0 aliphatic rings. The summed E-state index contributed by atoms with van der Waals surface area (Å²) in [5, 5.41) is 15.1. The molecule has 0 fully saturated rings. The number of ketones is 1. The lowest BCUT2D eigenvalue weighted by Gasteiger charge is -2.16. The number of Topliss-reactive ketones (excluding diaryl/α,β-unsaturated/α-hetero) is 1. The number of carboxylic acid groups (broad SMARTS) is 1. The first-order chi connectivity index (χ1) is 11.5. The molecule has 1 amide bonds. The number of hydrogen-bond acceptors (Lipinski definition) is 5. The van der Waals surface area contributed by atoms with Crippen LogP contribution in [0.4, 0.5) is 5.69 Å². The van der Waals surface area contributed by atoms with Gasteiger partial charge in [-0.15, -0.1) is 0 Å². The molecule has 0 spiro atoms. The third-order valence-electron chi connectivity index (χ3n) is 3.44. The minimum absolute atomic E-state index is 0.123. The molecule has 7 heteroatoms. The summed E-state index contributed by atoms with van der Waals surface area (Å²) in [6.45, 7) is 1.75. The Balaban J connectivity index is 2.04. The second kappa shape index (κ2) is 8.07. The Bertz CT molecular complexity index is 724. The minimum Gasteiger partial charge on any atom is -0.550 e. The van der Waals surface area contributed by atoms with Crippen molar-refractivity contribution in [1.82, 2.24) is 0 Å². The summed E-state index contributed by atoms with van der Waals surface area (Å²) in [6.07, 6.45) is 1.07. The van der Waals surface area contributed by atoms with Crippen LogP contribution >= 0.6 is 0 Å². The highest BCUT2D eigenvalue weighted by Crippen LogP contribution is 2.11. The Morgan fingerprint density at radius 1 is 1.25 bits per heavy atom. The number of carbonyl (C=O) groups is 3. The molecule has 126 valence electrons. The Morgan fingerprint density at radius 2 is 2.04 bits per heavy atom. The van der Waals surface area contributed by atoms with Gasteiger partial charge < -0.3 is 25.0 Å². The summed E-state index contributed by atoms with van der Waals surface area (Å²) in [5.74, 6) is -1.29. The van der Waals surface area contributed by atoms with Crippen LogP contribution in [0.5, 0.6) is 0 Å². The van der Waals surface area contributed by atoms with Gasteiger partial charge in [-0.25, -0.2) is 0 Å². The first-order valence-electron chi connectivity index (χ1n) is 7.43. The summed E-state index contributed by atoms with van der Waals surface area (Å²) < 4.78 is 5.17. The number of rotatable bonds is 8. The van der Waals surface area contributed by atoms with Crippen molar-refractivity contribution < 1.29 is 29.2 Å². The lowest BCUT2D eigenvalue weighted by Crippen LogP contribution is -2.91. The van der Waals surface area contributed by atoms with Crippen molar-refractivity contribution in [3.8, 4) is 0 Å². The van der Waals surface area contributed by atoms with E-state index in [-0.39, 0.29) is 5.78 Å². The predicted molar refractivity (Wildman–Crippen MR) is 82.8 cm³/mol. The zero-order valence-corrected chi connectivity index (χ0v) is 13.2. The third kappa shape index (κ3) is 5.06. The highest BCUT2D eigenvalue weighted by molar-refractivity contribution is 5.98. The number of nitrogens with two attached hydrogens (primary N) is 1. The normalized spacial score (nSPS) is 11.7. The van der Waals surface area contributed by atoms with Gasteiger partial charge in [0.1, 0.15) is 6.54 Å². The van der Waals surface area contributed by atoms with Crippen LogP contribution in [0.1, 0.15) is 29.5 Å². The van der Waals surface area contributed by atoms with Gasteiger partial charge in [-0.2, -0.15) is 0 Å². The molecule has 1 atom stereocenters. The molecule has 0 saturated carbocycles. The first-order valence-corrected chi connectivity index (χ1v) is 7.43. The van der Waals surface area contributed by atoms with E-state index in [1.807, 2.05) is 0 Å². The Morgan fingerprint density at radius 3 is 2.67 bits per heavy atom. The van der Waals surface area contributed by atoms with E-state index in [2.05, 4.69) is 5.32 Å². The number of furan rings is 1. The lowest BCUT2D eigenvalue weighted by atomic mass is 10.1. The van der Waals surface area contributed by atoms with Crippen LogP contribution < -0.4 is 15.7 Å². The molecule has 0 saturated heterocycles. The Hall–Kier alpha value is -2.93. The summed E-state index contributed by atoms with van der Waals surface area (Å²) in [7, 11) is 0. The maximum atomic E-state index is 12.3. The maximum Gasteiger partial charge on any atom is 0.283 e. The summed E-state index contributed by atoms with van der Waals surface area (Å²) in [6, 6.07) is 9.04. The Kier molecular flexibility index (Phi) is 5.86. The number of carboxylic acids is 1. The topological polar surface area (TPSA) is 116 Å². The fraction of sp³-hybridized carbons (Fsp3) is 0.235. The van der Waals surface area contributed by atoms with Crippen LogP contribution in [-0.2, 0) is 16.1 Å². The van der Waals surface area contributed by atoms with Gasteiger partial charge in [-0.05, 0) is 31.2 Å². The van der Waals surface area contributed by atoms with Crippen molar-refractivity contribution in [2.75, 3.05) is 5.32 Å². The molecule has 0 aliphatic carbocycles. The molecule has 0 unspecified atom stereocenters. The second-order valence-electron chi connectivity index (χ2n) is 5.33. The van der Waals surface area contributed by atoms with Crippen molar-refractivity contribution in [3.63, 3.8) is 0 Å². The van der Waals surface area contributed by atoms with Crippen LogP contribution in [0.2, 0.25) is 0 Å². The van der Waals surface area contributed by atoms with Crippen LogP contribution in [-0.4, -0.2) is 23.7 Å². The number of carbonyl (C=O) groups excluding carboxylic acids is 3. The van der Waals surface area contributed by atoms with E-state index < -0.39 is 24.3 Å². The number of nitrogens with one attached hydrogen (secondary N) is 1. The second-order valence-corrected chi connectivity index (χ2v) is 5.33. The van der Waals surface area contributed by atoms with Crippen LogP contribution in [0.25, 0.3) is 0 Å². The molecular formula is C17H18N2O5. The number of quaternary nitrogens is 1. The van der Waals surface area contributed by atoms with Gasteiger partial charge in [0, 0.05) is 23.6 Å². The van der Waals surface area contributed by atoms with Gasteiger partial charge in [0.25, 0.3) is 5.91 Å². The monoisotopic (exact) mass is 330 g/mol. The predicted octanol–water partition coefficient (Wildman–Crippen LogP) is -0.307. The summed E-state index contributed by atoms with van der Waals surface area (Å²) in [4.78, 5) is 34.6. The van der Waals surface area contributed by atoms with Crippen LogP contribution in [0.15, 0.2) is 47.1 Å². The zero-order chi connectivity index (χ0) is 17.5. The Labute approximate surface area is 138 Å². The molecule has 7 nitrogen and oxygen atoms in total. The largest absolute Gasteiger partial charge is 0.550 e. The molecule has 0 bridgehead atoms. The van der Waals surface area contributed by atoms with Crippen LogP contribution in [0.3, 0.4) is 0 Å². The number of benzene rings is 1. The van der Waals surface area contributed by atoms with Gasteiger partial charge in [-0.1, -0.05) is 12.1 Å². The highest BCUT2D eigenvalue weighted by Gasteiger charge is 2.23. The van der Waals surface area contributed by atoms with Crippen molar-refractivity contribution >= 4 is 23.3 Å². The number of anilines is 1. The van der Waals surface area contributed by atoms with Crippen molar-refractivity contribution in [2.45, 2.75) is 25.9 Å². The summed E-state index contributed by atoms with van der Waals surface area (Å²) in [5.41, 5.74) is 0.895. The molecule has 24 heavy (non-hydrogen) atoms. The fourth-order valence-electron chi connectivity index (χ4n) is 2.20. The number of aliphatic carboxylic acids is 1. The van der Waals surface area contributed by atoms with E-state index in [1.165, 1.54) is 13.2 Å². The molecule has 0 radical (unpaired) electrons. The van der Waals surface area contributed by atoms with Crippen LogP contribution in [0, 0.1) is 0 Å². The number of hydrogen-bond donors (Lipinski definition) is 2. The van der Waals surface area contributed by atoms with E-state index in [4.69, 9.17) is 4.42 Å². The minimum atomic E-state index is -1.32. The van der Waals surface area contributed by atoms with Gasteiger partial charge in [-0.3, -0.25) is 9.59 Å². The average molecular weight is 330 g/mol. The van der Waals surface area contributed by atoms with Crippen molar-refractivity contribution in [3.05, 3.63) is 54.0 Å². The van der Waals surface area contributed by atoms with E-state index >= 15 is 0 Å². The smallest absolute Gasteiger partial charge is 0.283 e. The maximum absolute atomic E-state index is 12.3. The molecule has 1 aromatic carbocycles. The van der Waals surface area contributed by atoms with Gasteiger partial charge in [0.2, 0.25) is 0 Å². The highest BCUT2D eigenvalue weighted by atomic mass is 16.4. The third-order valence-corrected chi connectivity index (χ3v) is 3.44. The van der Waals surface area contributed by atoms with Gasteiger partial charge in [0.05, 0.1) is 6.26 Å². The molecule has 1 aromatic heterocycles. The molecular weight excluding hydrogens is 312 g/mol. The molecule has 0 aliphatic heterocycles. The first kappa shape index (κ1) is 17.4. The molecule has 1 heterocycles. The van der Waals surface area contributed by atoms with Crippen molar-refractivity contribution in [1.29, 1.82) is 0 Å². The standard InChI is InChI=1S/C17H18N2O5/c1-11(20)12-4-2-5-13(8-12)19-17(23)15(9-16(21)22)18-10-14-6-3-7-24-14/h2-8,15,18H,9-10H2,1H3,(H,19,23)(H,21,22)/t15-/m0/s1. The number of amides is 1. The fourth-order valence-corrected chi connectivity index (χ4v) is 2.20. The zero-order valence-electron chi connectivity index (χ0n) is 13.2. The summed E-state index contributed by atoms with van der Waals surface area (Å²) >= 11 is 0. The quantitative estimate of drug-likeness (QED) is 0.644. The molecule has 2 rings (SSSR count). The van der Waals surface area contributed by atoms with E-state index in [0.29, 0.717) is 23.6 Å². The van der Waals surface area contributed by atoms with Gasteiger partial charge >= 0.3 is 0 Å². The lowest BCUT2D eigenvalue weighted by molar-refractivity contribution is -0.693. The van der Waals surface area contributed by atoms with Gasteiger partial charge in [0.15, 0.2) is 17.6 Å².